The summed E-state index contributed by atoms with van der Waals surface area (Å²) >= 11 is 0. The molecule has 0 radical (unpaired) electrons. The van der Waals surface area contributed by atoms with Crippen LogP contribution in [-0.2, 0) is 0 Å². The summed E-state index contributed by atoms with van der Waals surface area (Å²) in [4.78, 5) is 0. The highest BCUT2D eigenvalue weighted by molar-refractivity contribution is 4.85. The van der Waals surface area contributed by atoms with E-state index in [2.05, 4.69) is 13.8 Å². The van der Waals surface area contributed by atoms with E-state index in [0.717, 1.165) is 5.41 Å². The number of hydrogen-bond donors (Lipinski definition) is 0. The molecule has 0 heterocycles. The Morgan fingerprint density at radius 3 is 1.92 bits per heavy atom. The van der Waals surface area contributed by atoms with Gasteiger partial charge in [-0.25, -0.2) is 0 Å². The van der Waals surface area contributed by atoms with E-state index >= 15 is 0 Å². The summed E-state index contributed by atoms with van der Waals surface area (Å²) in [5.74, 6) is 0. The molecule has 12 heavy (non-hydrogen) atoms. The topological polar surface area (TPSA) is 0 Å². The maximum absolute atomic E-state index is 2.36. The quantitative estimate of drug-likeness (QED) is 0.569. The van der Waals surface area contributed by atoms with Crippen molar-refractivity contribution in [1.29, 1.82) is 0 Å². The summed E-state index contributed by atoms with van der Waals surface area (Å²) < 4.78 is 0. The highest BCUT2D eigenvalue weighted by Crippen LogP contribution is 2.47. The lowest BCUT2D eigenvalue weighted by molar-refractivity contribution is 0.110. The Balaban J connectivity index is 0.000000561. The first-order valence-electron chi connectivity index (χ1n) is 5.83. The fraction of sp³-hybridized carbons (Fsp3) is 1.00. The van der Waals surface area contributed by atoms with E-state index in [9.17, 15) is 0 Å². The highest BCUT2D eigenvalue weighted by Gasteiger charge is 2.33. The van der Waals surface area contributed by atoms with E-state index in [1.54, 1.807) is 0 Å². The second-order valence-electron chi connectivity index (χ2n) is 3.81. The van der Waals surface area contributed by atoms with Gasteiger partial charge in [0.15, 0.2) is 0 Å². The Hall–Kier alpha value is 0. The van der Waals surface area contributed by atoms with Gasteiger partial charge in [-0.2, -0.15) is 0 Å². The molecule has 1 aliphatic rings. The lowest BCUT2D eigenvalue weighted by atomic mass is 9.64. The molecular weight excluding hydrogens is 144 g/mol. The minimum Gasteiger partial charge on any atom is -0.0683 e. The normalized spacial score (nSPS) is 19.0. The van der Waals surface area contributed by atoms with E-state index in [4.69, 9.17) is 0 Å². The van der Waals surface area contributed by atoms with Crippen molar-refractivity contribution in [2.45, 2.75) is 72.6 Å². The van der Waals surface area contributed by atoms with Crippen LogP contribution >= 0.6 is 0 Å². The van der Waals surface area contributed by atoms with Gasteiger partial charge in [0.25, 0.3) is 0 Å². The fourth-order valence-corrected chi connectivity index (χ4v) is 2.01. The first-order valence-corrected chi connectivity index (χ1v) is 5.83. The second-order valence-corrected chi connectivity index (χ2v) is 3.81. The maximum atomic E-state index is 2.36. The van der Waals surface area contributed by atoms with E-state index in [0.29, 0.717) is 0 Å². The molecule has 0 atom stereocenters. The fourth-order valence-electron chi connectivity index (χ4n) is 2.01. The molecule has 0 aromatic carbocycles. The van der Waals surface area contributed by atoms with Crippen LogP contribution in [0.4, 0.5) is 0 Å². The summed E-state index contributed by atoms with van der Waals surface area (Å²) in [7, 11) is 0. The molecule has 0 amide bonds. The predicted molar refractivity (Wildman–Crippen MR) is 57.4 cm³/mol. The molecule has 0 spiro atoms. The number of hydrogen-bond acceptors (Lipinski definition) is 0. The van der Waals surface area contributed by atoms with Gasteiger partial charge >= 0.3 is 0 Å². The lowest BCUT2D eigenvalue weighted by Crippen LogP contribution is -2.28. The Morgan fingerprint density at radius 1 is 1.08 bits per heavy atom. The van der Waals surface area contributed by atoms with Gasteiger partial charge in [0.05, 0.1) is 0 Å². The largest absolute Gasteiger partial charge is 0.0683 e. The van der Waals surface area contributed by atoms with Gasteiger partial charge in [0, 0.05) is 0 Å². The van der Waals surface area contributed by atoms with Gasteiger partial charge in [0.1, 0.15) is 0 Å². The van der Waals surface area contributed by atoms with Gasteiger partial charge in [-0.15, -0.1) is 0 Å². The third-order valence-corrected chi connectivity index (χ3v) is 3.22. The molecular formula is C12H26. The standard InChI is InChI=1S/C10H20.C2H6/c1-3-5-7-10(4-2)8-6-9-10;1-2/h3-9H2,1-2H3;1-2H3. The summed E-state index contributed by atoms with van der Waals surface area (Å²) in [6, 6.07) is 0. The van der Waals surface area contributed by atoms with E-state index in [-0.39, 0.29) is 0 Å². The van der Waals surface area contributed by atoms with Crippen LogP contribution in [0.3, 0.4) is 0 Å². The van der Waals surface area contributed by atoms with Crippen molar-refractivity contribution in [3.8, 4) is 0 Å². The van der Waals surface area contributed by atoms with Crippen LogP contribution < -0.4 is 0 Å². The maximum Gasteiger partial charge on any atom is -0.0300 e. The van der Waals surface area contributed by atoms with Crippen LogP contribution in [0.25, 0.3) is 0 Å². The van der Waals surface area contributed by atoms with E-state index in [1.165, 1.54) is 44.9 Å². The van der Waals surface area contributed by atoms with Crippen molar-refractivity contribution in [3.05, 3.63) is 0 Å². The number of unbranched alkanes of at least 4 members (excludes halogenated alkanes) is 1. The van der Waals surface area contributed by atoms with Gasteiger partial charge in [0.2, 0.25) is 0 Å². The van der Waals surface area contributed by atoms with Crippen LogP contribution in [0.15, 0.2) is 0 Å². The van der Waals surface area contributed by atoms with Crippen LogP contribution in [0.1, 0.15) is 72.6 Å². The zero-order chi connectivity index (χ0) is 9.45. The summed E-state index contributed by atoms with van der Waals surface area (Å²) in [5, 5.41) is 0. The lowest BCUT2D eigenvalue weighted by Gasteiger charge is -2.41. The minimum absolute atomic E-state index is 0.815. The van der Waals surface area contributed by atoms with Crippen LogP contribution in [0, 0.1) is 5.41 Å². The molecule has 0 aromatic rings. The number of rotatable bonds is 4. The van der Waals surface area contributed by atoms with Crippen molar-refractivity contribution in [2.24, 2.45) is 5.41 Å². The minimum atomic E-state index is 0.815. The second kappa shape index (κ2) is 6.51. The van der Waals surface area contributed by atoms with Crippen LogP contribution in [0.5, 0.6) is 0 Å². The molecule has 0 heteroatoms. The summed E-state index contributed by atoms with van der Waals surface area (Å²) in [6.45, 7) is 8.65. The molecule has 1 fully saturated rings. The molecule has 0 bridgehead atoms. The van der Waals surface area contributed by atoms with Crippen molar-refractivity contribution < 1.29 is 0 Å². The van der Waals surface area contributed by atoms with Gasteiger partial charge < -0.3 is 0 Å². The molecule has 0 N–H and O–H groups in total. The summed E-state index contributed by atoms with van der Waals surface area (Å²) in [5.41, 5.74) is 0.815. The van der Waals surface area contributed by atoms with Crippen LogP contribution in [0.2, 0.25) is 0 Å². The average molecular weight is 170 g/mol. The van der Waals surface area contributed by atoms with Crippen molar-refractivity contribution in [2.75, 3.05) is 0 Å². The molecule has 0 aliphatic heterocycles. The molecule has 0 saturated heterocycles. The first-order chi connectivity index (χ1) is 5.83. The first kappa shape index (κ1) is 12.0. The molecule has 1 aliphatic carbocycles. The van der Waals surface area contributed by atoms with E-state index < -0.39 is 0 Å². The SMILES string of the molecule is CC.CCCCC1(CC)CCC1. The molecule has 1 saturated carbocycles. The van der Waals surface area contributed by atoms with Crippen LogP contribution in [-0.4, -0.2) is 0 Å². The smallest absolute Gasteiger partial charge is 0.0300 e. The van der Waals surface area contributed by atoms with Crippen molar-refractivity contribution in [3.63, 3.8) is 0 Å². The zero-order valence-corrected chi connectivity index (χ0v) is 9.45. The molecule has 0 nitrogen and oxygen atoms in total. The monoisotopic (exact) mass is 170 g/mol. The third kappa shape index (κ3) is 3.16. The molecule has 1 rings (SSSR count). The van der Waals surface area contributed by atoms with Gasteiger partial charge in [-0.05, 0) is 24.7 Å². The average Bonchev–Trinajstić information content (AvgIpc) is 2.08. The highest BCUT2D eigenvalue weighted by atomic mass is 14.4. The van der Waals surface area contributed by atoms with Crippen molar-refractivity contribution >= 4 is 0 Å². The molecule has 0 unspecified atom stereocenters. The Kier molecular flexibility index (Phi) is 6.51. The third-order valence-electron chi connectivity index (χ3n) is 3.22. The Labute approximate surface area is 78.8 Å². The van der Waals surface area contributed by atoms with Gasteiger partial charge in [-0.1, -0.05) is 53.4 Å². The molecule has 74 valence electrons. The zero-order valence-electron chi connectivity index (χ0n) is 9.45. The van der Waals surface area contributed by atoms with E-state index in [1.807, 2.05) is 13.8 Å². The predicted octanol–water partition coefficient (Wildman–Crippen LogP) is 4.78. The molecule has 0 aromatic heterocycles. The van der Waals surface area contributed by atoms with Crippen molar-refractivity contribution in [1.82, 2.24) is 0 Å². The van der Waals surface area contributed by atoms with Gasteiger partial charge in [-0.3, -0.25) is 0 Å². The Morgan fingerprint density at radius 2 is 1.67 bits per heavy atom. The summed E-state index contributed by atoms with van der Waals surface area (Å²) in [6.07, 6.45) is 10.3. The Bertz CT molecular complexity index is 84.7.